The van der Waals surface area contributed by atoms with Crippen LogP contribution in [0.1, 0.15) is 42.9 Å². The van der Waals surface area contributed by atoms with E-state index in [0.717, 1.165) is 49.9 Å². The van der Waals surface area contributed by atoms with Crippen molar-refractivity contribution in [2.75, 3.05) is 32.8 Å². The van der Waals surface area contributed by atoms with Crippen LogP contribution in [0, 0.1) is 11.6 Å². The fraction of sp³-hybridized carbons (Fsp3) is 0.458. The molecule has 0 radical (unpaired) electrons. The number of carbonyl (C=O) groups is 1. The van der Waals surface area contributed by atoms with E-state index < -0.39 is 5.41 Å². The first kappa shape index (κ1) is 20.9. The number of hydrogen-bond donors (Lipinski definition) is 1. The third-order valence-electron chi connectivity index (χ3n) is 6.49. The molecule has 1 heterocycles. The molecule has 1 aliphatic carbocycles. The van der Waals surface area contributed by atoms with Gasteiger partial charge < -0.3 is 10.1 Å². The quantitative estimate of drug-likeness (QED) is 0.778. The molecule has 2 aliphatic rings. The van der Waals surface area contributed by atoms with Gasteiger partial charge in [0.2, 0.25) is 5.91 Å². The summed E-state index contributed by atoms with van der Waals surface area (Å²) < 4.78 is 32.4. The second kappa shape index (κ2) is 9.23. The van der Waals surface area contributed by atoms with Gasteiger partial charge in [0, 0.05) is 19.6 Å². The Morgan fingerprint density at radius 1 is 0.967 bits per heavy atom. The zero-order valence-corrected chi connectivity index (χ0v) is 17.1. The number of nitrogens with zero attached hydrogens (tertiary/aromatic N) is 1. The summed E-state index contributed by atoms with van der Waals surface area (Å²) in [4.78, 5) is 15.7. The molecule has 1 N–H and O–H groups in total. The van der Waals surface area contributed by atoms with E-state index in [1.54, 1.807) is 24.3 Å². The van der Waals surface area contributed by atoms with Crippen molar-refractivity contribution in [3.05, 3.63) is 71.3 Å². The smallest absolute Gasteiger partial charge is 0.230 e. The minimum absolute atomic E-state index is 0.00743. The van der Waals surface area contributed by atoms with E-state index in [0.29, 0.717) is 19.8 Å². The summed E-state index contributed by atoms with van der Waals surface area (Å²) in [5.41, 5.74) is 1.25. The second-order valence-corrected chi connectivity index (χ2v) is 8.22. The first-order valence-corrected chi connectivity index (χ1v) is 10.7. The van der Waals surface area contributed by atoms with Gasteiger partial charge in [-0.25, -0.2) is 8.78 Å². The first-order valence-electron chi connectivity index (χ1n) is 10.7. The van der Waals surface area contributed by atoms with Gasteiger partial charge in [0.05, 0.1) is 24.7 Å². The maximum atomic E-state index is 13.4. The van der Waals surface area contributed by atoms with E-state index in [1.807, 2.05) is 0 Å². The van der Waals surface area contributed by atoms with Crippen molar-refractivity contribution in [3.8, 4) is 0 Å². The van der Waals surface area contributed by atoms with Crippen molar-refractivity contribution in [3.63, 3.8) is 0 Å². The van der Waals surface area contributed by atoms with Crippen molar-refractivity contribution in [1.82, 2.24) is 10.2 Å². The summed E-state index contributed by atoms with van der Waals surface area (Å²) in [5.74, 6) is -0.576. The summed E-state index contributed by atoms with van der Waals surface area (Å²) in [7, 11) is 0. The van der Waals surface area contributed by atoms with Gasteiger partial charge in [0.25, 0.3) is 0 Å². The molecule has 4 rings (SSSR count). The number of rotatable bonds is 6. The molecule has 2 aromatic carbocycles. The molecule has 30 heavy (non-hydrogen) atoms. The van der Waals surface area contributed by atoms with Crippen LogP contribution in [-0.2, 0) is 14.9 Å². The molecule has 0 bridgehead atoms. The third-order valence-corrected chi connectivity index (χ3v) is 6.49. The molecule has 1 atom stereocenters. The van der Waals surface area contributed by atoms with E-state index in [2.05, 4.69) is 10.2 Å². The Bertz CT molecular complexity index is 843. The fourth-order valence-corrected chi connectivity index (χ4v) is 4.78. The highest BCUT2D eigenvalue weighted by Crippen LogP contribution is 2.41. The Kier molecular flexibility index (Phi) is 6.44. The average molecular weight is 414 g/mol. The van der Waals surface area contributed by atoms with Crippen molar-refractivity contribution < 1.29 is 18.3 Å². The molecule has 1 saturated carbocycles. The second-order valence-electron chi connectivity index (χ2n) is 8.22. The molecule has 1 unspecified atom stereocenters. The minimum atomic E-state index is -0.605. The van der Waals surface area contributed by atoms with E-state index in [9.17, 15) is 13.6 Å². The van der Waals surface area contributed by atoms with Crippen LogP contribution in [0.4, 0.5) is 8.78 Å². The summed E-state index contributed by atoms with van der Waals surface area (Å²) in [6.45, 7) is 3.26. The van der Waals surface area contributed by atoms with Crippen LogP contribution in [0.15, 0.2) is 48.5 Å². The molecule has 4 nitrogen and oxygen atoms in total. The fourth-order valence-electron chi connectivity index (χ4n) is 4.78. The molecule has 1 aliphatic heterocycles. The molecule has 1 amide bonds. The molecule has 2 fully saturated rings. The topological polar surface area (TPSA) is 41.6 Å². The normalized spacial score (nSPS) is 20.1. The summed E-state index contributed by atoms with van der Waals surface area (Å²) in [6.07, 6.45) is 3.50. The summed E-state index contributed by atoms with van der Waals surface area (Å²) >= 11 is 0. The van der Waals surface area contributed by atoms with Crippen LogP contribution >= 0.6 is 0 Å². The zero-order chi connectivity index (χ0) is 21.0. The molecule has 1 saturated heterocycles. The maximum Gasteiger partial charge on any atom is 0.230 e. The molecule has 2 aromatic rings. The summed E-state index contributed by atoms with van der Waals surface area (Å²) in [5, 5.41) is 3.18. The van der Waals surface area contributed by atoms with Gasteiger partial charge in [-0.15, -0.1) is 0 Å². The van der Waals surface area contributed by atoms with Gasteiger partial charge in [0.1, 0.15) is 11.6 Å². The predicted molar refractivity (Wildman–Crippen MR) is 111 cm³/mol. The van der Waals surface area contributed by atoms with Crippen LogP contribution in [0.25, 0.3) is 0 Å². The SMILES string of the molecule is O=C(NCC(c1ccc(F)cc1)N1CCOCC1)C1(c2ccc(F)cc2)CCCC1. The lowest BCUT2D eigenvalue weighted by molar-refractivity contribution is -0.127. The van der Waals surface area contributed by atoms with E-state index >= 15 is 0 Å². The van der Waals surface area contributed by atoms with E-state index in [1.165, 1.54) is 24.3 Å². The summed E-state index contributed by atoms with van der Waals surface area (Å²) in [6, 6.07) is 12.8. The Morgan fingerprint density at radius 3 is 2.13 bits per heavy atom. The number of benzene rings is 2. The van der Waals surface area contributed by atoms with Crippen molar-refractivity contribution in [2.45, 2.75) is 37.1 Å². The Morgan fingerprint density at radius 2 is 1.53 bits per heavy atom. The molecule has 0 aromatic heterocycles. The van der Waals surface area contributed by atoms with Gasteiger partial charge in [-0.1, -0.05) is 37.1 Å². The third kappa shape index (κ3) is 4.40. The average Bonchev–Trinajstić information content (AvgIpc) is 3.27. The number of nitrogens with one attached hydrogen (secondary N) is 1. The Labute approximate surface area is 176 Å². The zero-order valence-electron chi connectivity index (χ0n) is 17.1. The number of halogens is 2. The number of ether oxygens (including phenoxy) is 1. The van der Waals surface area contributed by atoms with E-state index in [4.69, 9.17) is 4.74 Å². The lowest BCUT2D eigenvalue weighted by Gasteiger charge is -2.36. The van der Waals surface area contributed by atoms with Crippen LogP contribution in [-0.4, -0.2) is 43.7 Å². The van der Waals surface area contributed by atoms with Crippen molar-refractivity contribution >= 4 is 5.91 Å². The highest BCUT2D eigenvalue weighted by Gasteiger charge is 2.42. The van der Waals surface area contributed by atoms with Gasteiger partial charge in [-0.05, 0) is 48.2 Å². The Balaban J connectivity index is 1.53. The number of amides is 1. The lowest BCUT2D eigenvalue weighted by atomic mass is 9.78. The van der Waals surface area contributed by atoms with Crippen molar-refractivity contribution in [1.29, 1.82) is 0 Å². The Hall–Kier alpha value is -2.31. The van der Waals surface area contributed by atoms with Crippen molar-refractivity contribution in [2.24, 2.45) is 0 Å². The lowest BCUT2D eigenvalue weighted by Crippen LogP contribution is -2.48. The molecular formula is C24H28F2N2O2. The van der Waals surface area contributed by atoms with Crippen LogP contribution in [0.3, 0.4) is 0 Å². The number of carbonyl (C=O) groups excluding carboxylic acids is 1. The van der Waals surface area contributed by atoms with Gasteiger partial charge in [-0.2, -0.15) is 0 Å². The highest BCUT2D eigenvalue weighted by atomic mass is 19.1. The highest BCUT2D eigenvalue weighted by molar-refractivity contribution is 5.88. The predicted octanol–water partition coefficient (Wildman–Crippen LogP) is 3.97. The largest absolute Gasteiger partial charge is 0.379 e. The van der Waals surface area contributed by atoms with Crippen LogP contribution in [0.2, 0.25) is 0 Å². The van der Waals surface area contributed by atoms with E-state index in [-0.39, 0.29) is 23.6 Å². The van der Waals surface area contributed by atoms with Gasteiger partial charge in [-0.3, -0.25) is 9.69 Å². The molecule has 0 spiro atoms. The van der Waals surface area contributed by atoms with Gasteiger partial charge in [0.15, 0.2) is 0 Å². The molecule has 6 heteroatoms. The maximum absolute atomic E-state index is 13.4. The number of morpholine rings is 1. The monoisotopic (exact) mass is 414 g/mol. The standard InChI is InChI=1S/C24H28F2N2O2/c25-20-7-3-18(4-8-20)22(28-13-15-30-16-14-28)17-27-23(29)24(11-1-2-12-24)19-5-9-21(26)10-6-19/h3-10,22H,1-2,11-17H2,(H,27,29). The molecular weight excluding hydrogens is 386 g/mol. The molecule has 160 valence electrons. The first-order chi connectivity index (χ1) is 14.6. The minimum Gasteiger partial charge on any atom is -0.379 e. The number of hydrogen-bond acceptors (Lipinski definition) is 3. The van der Waals surface area contributed by atoms with Crippen LogP contribution in [0.5, 0.6) is 0 Å². The van der Waals surface area contributed by atoms with Gasteiger partial charge >= 0.3 is 0 Å². The van der Waals surface area contributed by atoms with Crippen LogP contribution < -0.4 is 5.32 Å².